The third-order valence-corrected chi connectivity index (χ3v) is 10.9. The zero-order valence-corrected chi connectivity index (χ0v) is 28.8. The molecule has 0 radical (unpaired) electrons. The van der Waals surface area contributed by atoms with Crippen molar-refractivity contribution in [3.8, 4) is 0 Å². The third kappa shape index (κ3) is 5.92. The van der Waals surface area contributed by atoms with Gasteiger partial charge < -0.3 is 14.4 Å². The summed E-state index contributed by atoms with van der Waals surface area (Å²) < 4.78 is 12.7. The Morgan fingerprint density at radius 1 is 0.979 bits per heavy atom. The van der Waals surface area contributed by atoms with Crippen LogP contribution in [0, 0.1) is 5.41 Å². The number of thiocarbonyl (C=S) groups is 1. The largest absolute Gasteiger partial charge is 0.449 e. The average Bonchev–Trinajstić information content (AvgIpc) is 3.51. The highest BCUT2D eigenvalue weighted by Gasteiger charge is 2.59. The van der Waals surface area contributed by atoms with Gasteiger partial charge in [-0.25, -0.2) is 9.48 Å². The van der Waals surface area contributed by atoms with E-state index in [0.29, 0.717) is 28.5 Å². The van der Waals surface area contributed by atoms with Crippen LogP contribution < -0.4 is 0 Å². The Morgan fingerprint density at radius 3 is 2.09 bits per heavy atom. The lowest BCUT2D eigenvalue weighted by Gasteiger charge is -2.56. The van der Waals surface area contributed by atoms with Crippen molar-refractivity contribution in [3.63, 3.8) is 0 Å². The summed E-state index contributed by atoms with van der Waals surface area (Å²) in [6.45, 7) is 7.70. The molecule has 11 heteroatoms. The molecule has 0 aliphatic carbocycles. The number of hydrogen-bond acceptors (Lipinski definition) is 9. The van der Waals surface area contributed by atoms with E-state index in [-0.39, 0.29) is 17.3 Å². The SMILES string of the molecule is CO[C@H]1C(=S)N2C(C(=O)C(C)(C)C)=C(C)C(Cc3ccc(C(=O)OC(c4ccccc4)c4ccccc4)cc3)(c3nnnn3C)S[C@H]12. The van der Waals surface area contributed by atoms with Gasteiger partial charge in [-0.1, -0.05) is 106 Å². The normalized spacial score (nSPS) is 21.0. The van der Waals surface area contributed by atoms with Gasteiger partial charge in [0.1, 0.15) is 21.2 Å². The summed E-state index contributed by atoms with van der Waals surface area (Å²) in [5.41, 5.74) is 3.88. The maximum absolute atomic E-state index is 14.0. The van der Waals surface area contributed by atoms with Crippen LogP contribution in [0.3, 0.4) is 0 Å². The van der Waals surface area contributed by atoms with Crippen molar-refractivity contribution < 1.29 is 19.1 Å². The second-order valence-corrected chi connectivity index (χ2v) is 14.7. The number of benzene rings is 3. The summed E-state index contributed by atoms with van der Waals surface area (Å²) in [4.78, 5) is 30.1. The van der Waals surface area contributed by atoms with Gasteiger partial charge in [0.15, 0.2) is 17.7 Å². The molecule has 2 aliphatic heterocycles. The van der Waals surface area contributed by atoms with Crippen molar-refractivity contribution in [1.82, 2.24) is 25.1 Å². The van der Waals surface area contributed by atoms with Crippen LogP contribution in [-0.2, 0) is 32.5 Å². The standard InChI is InChI=1S/C36H37N5O4S2/c1-22-27(30(42)35(2,3)4)41-31(46)29(44-6)32(41)47-36(22,34-37-38-39-40(34)5)21-23-17-19-26(20-18-23)33(43)45-28(24-13-9-7-10-14-24)25-15-11-8-12-16-25/h7-20,28-29,32H,21H2,1-6H3/t29-,32+,36?/m0/s1. The Bertz CT molecular complexity index is 1800. The average molecular weight is 668 g/mol. The second-order valence-electron chi connectivity index (χ2n) is 12.9. The highest BCUT2D eigenvalue weighted by Crippen LogP contribution is 2.57. The second kappa shape index (κ2) is 12.8. The minimum Gasteiger partial charge on any atom is -0.449 e. The number of ketones is 1. The molecule has 3 atom stereocenters. The van der Waals surface area contributed by atoms with Crippen LogP contribution in [-0.4, -0.2) is 60.4 Å². The number of allylic oxidation sites excluding steroid dienone is 1. The molecule has 9 nitrogen and oxygen atoms in total. The third-order valence-electron chi connectivity index (χ3n) is 8.72. The lowest BCUT2D eigenvalue weighted by molar-refractivity contribution is -0.124. The van der Waals surface area contributed by atoms with Crippen molar-refractivity contribution in [2.45, 2.75) is 56.4 Å². The number of aromatic nitrogens is 4. The first kappa shape index (κ1) is 32.7. The Kier molecular flexibility index (Phi) is 8.90. The Hall–Kier alpha value is -4.19. The molecule has 47 heavy (non-hydrogen) atoms. The molecule has 0 bridgehead atoms. The van der Waals surface area contributed by atoms with E-state index in [9.17, 15) is 9.59 Å². The van der Waals surface area contributed by atoms with Gasteiger partial charge in [0.2, 0.25) is 0 Å². The highest BCUT2D eigenvalue weighted by molar-refractivity contribution is 8.01. The fraction of sp³-hybridized carbons (Fsp3) is 0.333. The quantitative estimate of drug-likeness (QED) is 0.151. The van der Waals surface area contributed by atoms with Crippen LogP contribution >= 0.6 is 24.0 Å². The Morgan fingerprint density at radius 2 is 1.57 bits per heavy atom. The number of tetrazole rings is 1. The van der Waals surface area contributed by atoms with Crippen molar-refractivity contribution >= 4 is 40.7 Å². The molecular weight excluding hydrogens is 631 g/mol. The van der Waals surface area contributed by atoms with E-state index < -0.39 is 22.2 Å². The number of methoxy groups -OCH3 is 1. The minimum absolute atomic E-state index is 0.0128. The van der Waals surface area contributed by atoms with Gasteiger partial charge >= 0.3 is 5.97 Å². The van der Waals surface area contributed by atoms with E-state index in [1.54, 1.807) is 42.7 Å². The molecule has 0 amide bonds. The number of aryl methyl sites for hydroxylation is 1. The number of thioether (sulfide) groups is 1. The van der Waals surface area contributed by atoms with E-state index in [4.69, 9.17) is 21.7 Å². The van der Waals surface area contributed by atoms with Gasteiger partial charge in [-0.05, 0) is 58.2 Å². The summed E-state index contributed by atoms with van der Waals surface area (Å²) in [6, 6.07) is 26.8. The van der Waals surface area contributed by atoms with Gasteiger partial charge in [-0.3, -0.25) is 4.79 Å². The number of rotatable bonds is 9. The lowest BCUT2D eigenvalue weighted by atomic mass is 9.81. The van der Waals surface area contributed by atoms with Crippen LogP contribution in [0.25, 0.3) is 0 Å². The van der Waals surface area contributed by atoms with Crippen molar-refractivity contribution in [3.05, 3.63) is 124 Å². The molecule has 2 aliphatic rings. The molecule has 0 saturated carbocycles. The van der Waals surface area contributed by atoms with Gasteiger partial charge in [0, 0.05) is 19.6 Å². The van der Waals surface area contributed by atoms with Crippen molar-refractivity contribution in [1.29, 1.82) is 0 Å². The zero-order chi connectivity index (χ0) is 33.5. The van der Waals surface area contributed by atoms with Gasteiger partial charge in [-0.15, -0.1) is 16.9 Å². The molecule has 1 aromatic heterocycles. The van der Waals surface area contributed by atoms with Gasteiger partial charge in [0.05, 0.1) is 11.3 Å². The molecule has 4 aromatic rings. The first-order chi connectivity index (χ1) is 22.5. The van der Waals surface area contributed by atoms with Crippen LogP contribution in [0.2, 0.25) is 0 Å². The van der Waals surface area contributed by atoms with Gasteiger partial charge in [-0.2, -0.15) is 0 Å². The number of esters is 1. The number of fused-ring (bicyclic) bond motifs is 1. The number of hydrogen-bond donors (Lipinski definition) is 0. The van der Waals surface area contributed by atoms with E-state index in [0.717, 1.165) is 22.3 Å². The predicted octanol–water partition coefficient (Wildman–Crippen LogP) is 6.21. The van der Waals surface area contributed by atoms with Crippen LogP contribution in [0.5, 0.6) is 0 Å². The van der Waals surface area contributed by atoms with Crippen molar-refractivity contribution in [2.75, 3.05) is 7.11 Å². The van der Waals surface area contributed by atoms with Gasteiger partial charge in [0.25, 0.3) is 0 Å². The predicted molar refractivity (Wildman–Crippen MR) is 185 cm³/mol. The van der Waals surface area contributed by atoms with E-state index >= 15 is 0 Å². The molecule has 1 saturated heterocycles. The molecule has 3 heterocycles. The molecule has 6 rings (SSSR count). The number of nitrogens with zero attached hydrogens (tertiary/aromatic N) is 5. The Balaban J connectivity index is 1.36. The fourth-order valence-electron chi connectivity index (χ4n) is 6.16. The molecule has 0 spiro atoms. The summed E-state index contributed by atoms with van der Waals surface area (Å²) in [5, 5.41) is 12.4. The molecule has 242 valence electrons. The summed E-state index contributed by atoms with van der Waals surface area (Å²) in [7, 11) is 3.44. The zero-order valence-electron chi connectivity index (χ0n) is 27.2. The molecule has 1 unspecified atom stereocenters. The molecule has 0 N–H and O–H groups in total. The van der Waals surface area contributed by atoms with E-state index in [2.05, 4.69) is 15.5 Å². The number of carbonyl (C=O) groups excluding carboxylic acids is 2. The van der Waals surface area contributed by atoms with E-state index in [1.807, 2.05) is 105 Å². The molecule has 3 aromatic carbocycles. The fourth-order valence-corrected chi connectivity index (χ4v) is 8.64. The lowest BCUT2D eigenvalue weighted by Crippen LogP contribution is -2.67. The molecular formula is C36H37N5O4S2. The van der Waals surface area contributed by atoms with Crippen LogP contribution in [0.1, 0.15) is 66.7 Å². The summed E-state index contributed by atoms with van der Waals surface area (Å²) >= 11 is 7.38. The maximum atomic E-state index is 14.0. The summed E-state index contributed by atoms with van der Waals surface area (Å²) in [6.07, 6.45) is -0.435. The monoisotopic (exact) mass is 667 g/mol. The van der Waals surface area contributed by atoms with Crippen LogP contribution in [0.15, 0.2) is 96.2 Å². The first-order valence-corrected chi connectivity index (χ1v) is 16.7. The molecule has 1 fully saturated rings. The van der Waals surface area contributed by atoms with Crippen LogP contribution in [0.4, 0.5) is 0 Å². The number of ether oxygens (including phenoxy) is 2. The number of carbonyl (C=O) groups is 2. The minimum atomic E-state index is -0.823. The highest BCUT2D eigenvalue weighted by atomic mass is 32.2. The topological polar surface area (TPSA) is 99.4 Å². The number of Topliss-reactive ketones (excluding diaryl/α,β-unsaturated/α-hetero) is 1. The Labute approximate surface area is 284 Å². The van der Waals surface area contributed by atoms with Crippen molar-refractivity contribution in [2.24, 2.45) is 12.5 Å². The maximum Gasteiger partial charge on any atom is 0.339 e. The van der Waals surface area contributed by atoms with E-state index in [1.165, 1.54) is 0 Å². The summed E-state index contributed by atoms with van der Waals surface area (Å²) in [5.74, 6) is 0.175. The first-order valence-electron chi connectivity index (χ1n) is 15.4. The smallest absolute Gasteiger partial charge is 0.339 e.